The summed E-state index contributed by atoms with van der Waals surface area (Å²) >= 11 is 0. The number of carboxylic acids is 1. The molecule has 0 aliphatic heterocycles. The lowest BCUT2D eigenvalue weighted by Gasteiger charge is -2.24. The Morgan fingerprint density at radius 3 is 2.50 bits per heavy atom. The normalized spacial score (nSPS) is 17.4. The molecule has 1 aromatic rings. The van der Waals surface area contributed by atoms with Gasteiger partial charge in [0, 0.05) is 6.42 Å². The second kappa shape index (κ2) is 9.42. The third kappa shape index (κ3) is 5.64. The van der Waals surface area contributed by atoms with Crippen molar-refractivity contribution in [2.24, 2.45) is 0 Å². The topological polar surface area (TPSA) is 75.6 Å². The predicted octanol–water partition coefficient (Wildman–Crippen LogP) is 3.45. The van der Waals surface area contributed by atoms with Crippen LogP contribution in [0, 0.1) is 0 Å². The average molecular weight is 333 g/mol. The van der Waals surface area contributed by atoms with Crippen LogP contribution in [0.5, 0.6) is 0 Å². The molecule has 1 saturated carbocycles. The fraction of sp³-hybridized carbons (Fsp3) is 0.579. The summed E-state index contributed by atoms with van der Waals surface area (Å²) < 4.78 is 5.96. The van der Waals surface area contributed by atoms with Crippen molar-refractivity contribution in [2.75, 3.05) is 0 Å². The summed E-state index contributed by atoms with van der Waals surface area (Å²) in [5, 5.41) is 11.9. The molecule has 2 atom stereocenters. The van der Waals surface area contributed by atoms with Gasteiger partial charge in [-0.25, -0.2) is 0 Å². The Morgan fingerprint density at radius 1 is 1.25 bits per heavy atom. The van der Waals surface area contributed by atoms with Crippen molar-refractivity contribution in [2.45, 2.75) is 70.1 Å². The second-order valence-electron chi connectivity index (χ2n) is 6.34. The highest BCUT2D eigenvalue weighted by Crippen LogP contribution is 2.24. The molecule has 0 bridgehead atoms. The molecule has 0 aromatic heterocycles. The van der Waals surface area contributed by atoms with Crippen LogP contribution in [0.2, 0.25) is 0 Å². The van der Waals surface area contributed by atoms with Crippen molar-refractivity contribution in [3.05, 3.63) is 35.9 Å². The van der Waals surface area contributed by atoms with Gasteiger partial charge in [-0.05, 0) is 31.2 Å². The Morgan fingerprint density at radius 2 is 1.92 bits per heavy atom. The Kier molecular flexibility index (Phi) is 7.25. The van der Waals surface area contributed by atoms with E-state index in [1.807, 2.05) is 37.3 Å². The number of amides is 1. The fourth-order valence-corrected chi connectivity index (χ4v) is 3.14. The van der Waals surface area contributed by atoms with Crippen LogP contribution >= 0.6 is 0 Å². The lowest BCUT2D eigenvalue weighted by molar-refractivity contribution is -0.139. The van der Waals surface area contributed by atoms with Crippen molar-refractivity contribution >= 4 is 11.9 Å². The van der Waals surface area contributed by atoms with E-state index in [-0.39, 0.29) is 24.5 Å². The van der Waals surface area contributed by atoms with Crippen LogP contribution in [0.1, 0.15) is 63.5 Å². The number of ether oxygens (including phenoxy) is 1. The first-order valence-corrected chi connectivity index (χ1v) is 8.82. The van der Waals surface area contributed by atoms with Gasteiger partial charge in [-0.2, -0.15) is 0 Å². The number of rotatable bonds is 9. The van der Waals surface area contributed by atoms with Crippen LogP contribution in [0.15, 0.2) is 30.3 Å². The molecule has 0 saturated heterocycles. The molecule has 2 unspecified atom stereocenters. The van der Waals surface area contributed by atoms with Gasteiger partial charge < -0.3 is 15.2 Å². The maximum absolute atomic E-state index is 12.6. The average Bonchev–Trinajstić information content (AvgIpc) is 3.10. The van der Waals surface area contributed by atoms with Gasteiger partial charge in [-0.3, -0.25) is 9.59 Å². The number of hydrogen-bond acceptors (Lipinski definition) is 3. The molecular weight excluding hydrogens is 306 g/mol. The predicted molar refractivity (Wildman–Crippen MR) is 91.6 cm³/mol. The molecule has 2 N–H and O–H groups in total. The van der Waals surface area contributed by atoms with Crippen molar-refractivity contribution < 1.29 is 19.4 Å². The summed E-state index contributed by atoms with van der Waals surface area (Å²) in [4.78, 5) is 23.5. The first-order chi connectivity index (χ1) is 11.6. The maximum atomic E-state index is 12.6. The summed E-state index contributed by atoms with van der Waals surface area (Å²) in [6.45, 7) is 1.94. The van der Waals surface area contributed by atoms with Crippen LogP contribution in [0.3, 0.4) is 0 Å². The Hall–Kier alpha value is -1.88. The lowest BCUT2D eigenvalue weighted by Crippen LogP contribution is -2.40. The molecule has 0 spiro atoms. The van der Waals surface area contributed by atoms with Gasteiger partial charge in [-0.1, -0.05) is 50.1 Å². The van der Waals surface area contributed by atoms with Gasteiger partial charge in [0.15, 0.2) is 0 Å². The van der Waals surface area contributed by atoms with E-state index in [1.165, 1.54) is 0 Å². The van der Waals surface area contributed by atoms with E-state index in [9.17, 15) is 9.59 Å². The van der Waals surface area contributed by atoms with Crippen LogP contribution in [-0.2, 0) is 14.3 Å². The Labute approximate surface area is 143 Å². The van der Waals surface area contributed by atoms with Gasteiger partial charge in [0.05, 0.1) is 12.1 Å². The Bertz CT molecular complexity index is 525. The molecule has 0 radical (unpaired) electrons. The van der Waals surface area contributed by atoms with E-state index < -0.39 is 12.1 Å². The zero-order valence-electron chi connectivity index (χ0n) is 14.2. The van der Waals surface area contributed by atoms with Gasteiger partial charge in [0.25, 0.3) is 0 Å². The quantitative estimate of drug-likeness (QED) is 0.726. The maximum Gasteiger partial charge on any atom is 0.303 e. The first-order valence-electron chi connectivity index (χ1n) is 8.82. The SMILES string of the molecule is CCC(OC1CCCC1)C(=O)NC(CCC(=O)O)c1ccccc1. The van der Waals surface area contributed by atoms with Crippen molar-refractivity contribution in [1.29, 1.82) is 0 Å². The van der Waals surface area contributed by atoms with E-state index >= 15 is 0 Å². The molecule has 1 aromatic carbocycles. The molecule has 1 aliphatic rings. The number of carbonyl (C=O) groups excluding carboxylic acids is 1. The van der Waals surface area contributed by atoms with Crippen LogP contribution < -0.4 is 5.32 Å². The Balaban J connectivity index is 2.00. The molecule has 2 rings (SSSR count). The molecule has 1 aliphatic carbocycles. The molecule has 24 heavy (non-hydrogen) atoms. The van der Waals surface area contributed by atoms with Crippen LogP contribution in [-0.4, -0.2) is 29.2 Å². The zero-order valence-corrected chi connectivity index (χ0v) is 14.2. The molecule has 1 amide bonds. The number of aliphatic carboxylic acids is 1. The van der Waals surface area contributed by atoms with E-state index in [4.69, 9.17) is 9.84 Å². The summed E-state index contributed by atoms with van der Waals surface area (Å²) in [6, 6.07) is 9.19. The standard InChI is InChI=1S/C19H27NO4/c1-2-17(24-15-10-6-7-11-15)19(23)20-16(12-13-18(21)22)14-8-4-3-5-9-14/h3-5,8-9,15-17H,2,6-7,10-13H2,1H3,(H,20,23)(H,21,22). The third-order valence-corrected chi connectivity index (χ3v) is 4.49. The zero-order chi connectivity index (χ0) is 17.4. The fourth-order valence-electron chi connectivity index (χ4n) is 3.14. The highest BCUT2D eigenvalue weighted by atomic mass is 16.5. The van der Waals surface area contributed by atoms with E-state index in [0.29, 0.717) is 12.8 Å². The molecule has 0 heterocycles. The van der Waals surface area contributed by atoms with E-state index in [0.717, 1.165) is 31.2 Å². The molecular formula is C19H27NO4. The highest BCUT2D eigenvalue weighted by Gasteiger charge is 2.26. The molecule has 1 fully saturated rings. The van der Waals surface area contributed by atoms with Gasteiger partial charge in [-0.15, -0.1) is 0 Å². The summed E-state index contributed by atoms with van der Waals surface area (Å²) in [5.41, 5.74) is 0.919. The van der Waals surface area contributed by atoms with Crippen molar-refractivity contribution in [1.82, 2.24) is 5.32 Å². The minimum atomic E-state index is -0.862. The van der Waals surface area contributed by atoms with Crippen LogP contribution in [0.25, 0.3) is 0 Å². The number of benzene rings is 1. The number of carboxylic acid groups (broad SMARTS) is 1. The van der Waals surface area contributed by atoms with Crippen molar-refractivity contribution in [3.8, 4) is 0 Å². The van der Waals surface area contributed by atoms with E-state index in [2.05, 4.69) is 5.32 Å². The van der Waals surface area contributed by atoms with Gasteiger partial charge >= 0.3 is 5.97 Å². The summed E-state index contributed by atoms with van der Waals surface area (Å²) in [5.74, 6) is -1.01. The van der Waals surface area contributed by atoms with Gasteiger partial charge in [0.2, 0.25) is 5.91 Å². The molecule has 5 nitrogen and oxygen atoms in total. The molecule has 132 valence electrons. The third-order valence-electron chi connectivity index (χ3n) is 4.49. The number of hydrogen-bond donors (Lipinski definition) is 2. The smallest absolute Gasteiger partial charge is 0.303 e. The minimum Gasteiger partial charge on any atom is -0.481 e. The molecule has 5 heteroatoms. The monoisotopic (exact) mass is 333 g/mol. The minimum absolute atomic E-state index is 0.0140. The van der Waals surface area contributed by atoms with E-state index in [1.54, 1.807) is 0 Å². The van der Waals surface area contributed by atoms with Crippen LogP contribution in [0.4, 0.5) is 0 Å². The second-order valence-corrected chi connectivity index (χ2v) is 6.34. The number of nitrogens with one attached hydrogen (secondary N) is 1. The largest absolute Gasteiger partial charge is 0.481 e. The summed E-state index contributed by atoms with van der Waals surface area (Å²) in [6.07, 6.45) is 5.06. The lowest BCUT2D eigenvalue weighted by atomic mass is 10.0. The highest BCUT2D eigenvalue weighted by molar-refractivity contribution is 5.81. The van der Waals surface area contributed by atoms with Gasteiger partial charge in [0.1, 0.15) is 6.10 Å². The number of carbonyl (C=O) groups is 2. The summed E-state index contributed by atoms with van der Waals surface area (Å²) in [7, 11) is 0. The first kappa shape index (κ1) is 18.5. The van der Waals surface area contributed by atoms with Crippen molar-refractivity contribution in [3.63, 3.8) is 0 Å².